The van der Waals surface area contributed by atoms with Gasteiger partial charge in [-0.05, 0) is 49.5 Å². The van der Waals surface area contributed by atoms with Crippen LogP contribution in [0, 0.1) is 11.3 Å². The lowest BCUT2D eigenvalue weighted by atomic mass is 10.2. The van der Waals surface area contributed by atoms with Gasteiger partial charge in [0.2, 0.25) is 0 Å². The van der Waals surface area contributed by atoms with Crippen LogP contribution in [-0.2, 0) is 6.54 Å². The summed E-state index contributed by atoms with van der Waals surface area (Å²) >= 11 is 6.04. The molecule has 0 aliphatic rings. The van der Waals surface area contributed by atoms with Crippen LogP contribution in [0.3, 0.4) is 0 Å². The van der Waals surface area contributed by atoms with Crippen LogP contribution in [0.2, 0.25) is 5.02 Å². The van der Waals surface area contributed by atoms with E-state index in [2.05, 4.69) is 6.07 Å². The van der Waals surface area contributed by atoms with Crippen molar-refractivity contribution in [2.24, 2.45) is 0 Å². The molecule has 0 fully saturated rings. The number of ether oxygens (including phenoxy) is 2. The summed E-state index contributed by atoms with van der Waals surface area (Å²) in [6.45, 7) is 1.20. The van der Waals surface area contributed by atoms with E-state index < -0.39 is 6.10 Å². The van der Waals surface area contributed by atoms with Gasteiger partial charge >= 0.3 is 0 Å². The first-order valence-corrected chi connectivity index (χ1v) is 8.21. The normalized spacial score (nSPS) is 11.8. The molecule has 2 rings (SSSR count). The maximum absolute atomic E-state index is 10.2. The number of hydrogen-bond donors (Lipinski definition) is 1. The van der Waals surface area contributed by atoms with Crippen molar-refractivity contribution < 1.29 is 14.6 Å². The van der Waals surface area contributed by atoms with E-state index in [0.717, 1.165) is 11.3 Å². The van der Waals surface area contributed by atoms with Crippen LogP contribution < -0.4 is 9.47 Å². The van der Waals surface area contributed by atoms with Gasteiger partial charge in [-0.1, -0.05) is 11.6 Å². The molecule has 132 valence electrons. The van der Waals surface area contributed by atoms with Crippen LogP contribution >= 0.6 is 11.6 Å². The fourth-order valence-electron chi connectivity index (χ4n) is 2.46. The molecule has 1 atom stereocenters. The van der Waals surface area contributed by atoms with Crippen LogP contribution in [0.25, 0.3) is 0 Å². The first-order chi connectivity index (χ1) is 12.0. The van der Waals surface area contributed by atoms with Crippen molar-refractivity contribution in [3.05, 3.63) is 58.6 Å². The van der Waals surface area contributed by atoms with Crippen LogP contribution in [0.15, 0.2) is 42.5 Å². The molecule has 0 saturated heterocycles. The number of benzene rings is 2. The van der Waals surface area contributed by atoms with Gasteiger partial charge in [0.05, 0.1) is 18.7 Å². The van der Waals surface area contributed by atoms with Crippen LogP contribution in [-0.4, -0.2) is 43.4 Å². The minimum atomic E-state index is -0.647. The minimum absolute atomic E-state index is 0.170. The average molecular weight is 361 g/mol. The molecule has 0 aromatic heterocycles. The molecule has 0 aliphatic carbocycles. The Balaban J connectivity index is 1.84. The maximum atomic E-state index is 10.2. The first-order valence-electron chi connectivity index (χ1n) is 7.84. The molecule has 2 aromatic carbocycles. The predicted octanol–water partition coefficient (Wildman–Crippen LogP) is 3.09. The largest absolute Gasteiger partial charge is 0.496 e. The molecular formula is C19H21ClN2O3. The molecule has 25 heavy (non-hydrogen) atoms. The van der Waals surface area contributed by atoms with Crippen molar-refractivity contribution in [3.63, 3.8) is 0 Å². The zero-order chi connectivity index (χ0) is 18.2. The van der Waals surface area contributed by atoms with E-state index in [1.54, 1.807) is 37.4 Å². The number of methoxy groups -OCH3 is 1. The number of rotatable bonds is 8. The monoisotopic (exact) mass is 360 g/mol. The lowest BCUT2D eigenvalue weighted by Crippen LogP contribution is -2.32. The van der Waals surface area contributed by atoms with Crippen molar-refractivity contribution in [2.45, 2.75) is 12.6 Å². The van der Waals surface area contributed by atoms with Gasteiger partial charge in [-0.15, -0.1) is 0 Å². The number of likely N-dealkylation sites (N-methyl/N-ethyl adjacent to an activating group) is 1. The van der Waals surface area contributed by atoms with Gasteiger partial charge in [0.15, 0.2) is 0 Å². The Bertz CT molecular complexity index is 728. The number of aliphatic hydroxyl groups is 1. The molecule has 0 heterocycles. The number of halogens is 1. The van der Waals surface area contributed by atoms with E-state index in [-0.39, 0.29) is 6.61 Å². The first kappa shape index (κ1) is 19.1. The zero-order valence-electron chi connectivity index (χ0n) is 14.3. The molecule has 0 unspecified atom stereocenters. The third-order valence-electron chi connectivity index (χ3n) is 3.63. The van der Waals surface area contributed by atoms with E-state index in [0.29, 0.717) is 29.4 Å². The van der Waals surface area contributed by atoms with E-state index in [9.17, 15) is 5.11 Å². The standard InChI is InChI=1S/C19H21ClN2O3/c1-22(11-15-9-16(20)5-8-19(15)24-2)12-17(23)13-25-18-6-3-14(10-21)4-7-18/h3-9,17,23H,11-13H2,1-2H3/t17-/m0/s1. The van der Waals surface area contributed by atoms with Gasteiger partial charge in [0.25, 0.3) is 0 Å². The van der Waals surface area contributed by atoms with E-state index in [1.165, 1.54) is 0 Å². The fraction of sp³-hybridized carbons (Fsp3) is 0.316. The maximum Gasteiger partial charge on any atom is 0.123 e. The Kier molecular flexibility index (Phi) is 7.08. The molecule has 0 aliphatic heterocycles. The van der Waals surface area contributed by atoms with Gasteiger partial charge < -0.3 is 14.6 Å². The lowest BCUT2D eigenvalue weighted by Gasteiger charge is -2.22. The number of nitrogens with zero attached hydrogens (tertiary/aromatic N) is 2. The number of hydrogen-bond acceptors (Lipinski definition) is 5. The summed E-state index contributed by atoms with van der Waals surface area (Å²) in [6.07, 6.45) is -0.647. The van der Waals surface area contributed by atoms with E-state index in [4.69, 9.17) is 26.3 Å². The Morgan fingerprint density at radius 1 is 1.24 bits per heavy atom. The van der Waals surface area contributed by atoms with Crippen molar-refractivity contribution in [1.82, 2.24) is 4.90 Å². The van der Waals surface area contributed by atoms with Crippen molar-refractivity contribution in [3.8, 4) is 17.6 Å². The molecule has 0 radical (unpaired) electrons. The summed E-state index contributed by atoms with van der Waals surface area (Å²) in [4.78, 5) is 1.97. The highest BCUT2D eigenvalue weighted by atomic mass is 35.5. The Labute approximate surface area is 153 Å². The second kappa shape index (κ2) is 9.28. The van der Waals surface area contributed by atoms with Crippen molar-refractivity contribution in [1.29, 1.82) is 5.26 Å². The van der Waals surface area contributed by atoms with Crippen molar-refractivity contribution >= 4 is 11.6 Å². The third kappa shape index (κ3) is 5.95. The second-order valence-corrected chi connectivity index (χ2v) is 6.19. The predicted molar refractivity (Wildman–Crippen MR) is 97.0 cm³/mol. The summed E-state index contributed by atoms with van der Waals surface area (Å²) < 4.78 is 10.9. The van der Waals surface area contributed by atoms with Crippen LogP contribution in [0.4, 0.5) is 0 Å². The molecule has 0 saturated carbocycles. The Hall–Kier alpha value is -2.26. The molecular weight excluding hydrogens is 340 g/mol. The van der Waals surface area contributed by atoms with Gasteiger partial charge in [0.1, 0.15) is 24.2 Å². The summed E-state index contributed by atoms with van der Waals surface area (Å²) in [5, 5.41) is 19.6. The molecule has 0 bridgehead atoms. The highest BCUT2D eigenvalue weighted by Crippen LogP contribution is 2.23. The Morgan fingerprint density at radius 3 is 2.60 bits per heavy atom. The Morgan fingerprint density at radius 2 is 1.96 bits per heavy atom. The summed E-state index contributed by atoms with van der Waals surface area (Å²) in [7, 11) is 3.53. The highest BCUT2D eigenvalue weighted by molar-refractivity contribution is 6.30. The molecule has 0 spiro atoms. The quantitative estimate of drug-likeness (QED) is 0.783. The molecule has 0 amide bonds. The zero-order valence-corrected chi connectivity index (χ0v) is 15.0. The lowest BCUT2D eigenvalue weighted by molar-refractivity contribution is 0.0742. The number of aliphatic hydroxyl groups excluding tert-OH is 1. The molecule has 1 N–H and O–H groups in total. The van der Waals surface area contributed by atoms with Gasteiger partial charge in [-0.3, -0.25) is 4.90 Å². The van der Waals surface area contributed by atoms with E-state index in [1.807, 2.05) is 24.1 Å². The second-order valence-electron chi connectivity index (χ2n) is 5.75. The van der Waals surface area contributed by atoms with Gasteiger partial charge in [0, 0.05) is 23.7 Å². The molecule has 5 nitrogen and oxygen atoms in total. The van der Waals surface area contributed by atoms with E-state index >= 15 is 0 Å². The third-order valence-corrected chi connectivity index (χ3v) is 3.87. The SMILES string of the molecule is COc1ccc(Cl)cc1CN(C)C[C@H](O)COc1ccc(C#N)cc1. The minimum Gasteiger partial charge on any atom is -0.496 e. The summed E-state index contributed by atoms with van der Waals surface area (Å²) in [5.74, 6) is 1.39. The molecule has 2 aromatic rings. The fourth-order valence-corrected chi connectivity index (χ4v) is 2.65. The van der Waals surface area contributed by atoms with Crippen LogP contribution in [0.1, 0.15) is 11.1 Å². The number of nitriles is 1. The van der Waals surface area contributed by atoms with Crippen LogP contribution in [0.5, 0.6) is 11.5 Å². The molecule has 6 heteroatoms. The smallest absolute Gasteiger partial charge is 0.123 e. The average Bonchev–Trinajstić information content (AvgIpc) is 2.60. The van der Waals surface area contributed by atoms with Gasteiger partial charge in [-0.25, -0.2) is 0 Å². The van der Waals surface area contributed by atoms with Crippen molar-refractivity contribution in [2.75, 3.05) is 27.3 Å². The van der Waals surface area contributed by atoms with Gasteiger partial charge in [-0.2, -0.15) is 5.26 Å². The highest BCUT2D eigenvalue weighted by Gasteiger charge is 2.12. The summed E-state index contributed by atoms with van der Waals surface area (Å²) in [5.41, 5.74) is 1.53. The topological polar surface area (TPSA) is 65.7 Å². The summed E-state index contributed by atoms with van der Waals surface area (Å²) in [6, 6.07) is 14.3.